The van der Waals surface area contributed by atoms with E-state index in [-0.39, 0.29) is 37.5 Å². The van der Waals surface area contributed by atoms with Gasteiger partial charge < -0.3 is 14.9 Å². The van der Waals surface area contributed by atoms with Crippen LogP contribution in [0, 0.1) is 13.8 Å². The summed E-state index contributed by atoms with van der Waals surface area (Å²) in [6, 6.07) is 5.79. The van der Waals surface area contributed by atoms with Gasteiger partial charge in [-0.1, -0.05) is 6.07 Å². The minimum Gasteiger partial charge on any atom is -0.396 e. The molecule has 3 atom stereocenters. The molecule has 3 heterocycles. The SMILES string of the molecule is Cc1cc(C)cc(N2CCCN3C4C(=O)N(CCCO)C(=O)N(C)C4NC23)c1. The number of benzene rings is 1. The number of fused-ring (bicyclic) bond motifs is 3. The highest BCUT2D eigenvalue weighted by Crippen LogP contribution is 2.33. The molecule has 1 aromatic carbocycles. The lowest BCUT2D eigenvalue weighted by atomic mass is 10.1. The predicted molar refractivity (Wildman–Crippen MR) is 106 cm³/mol. The summed E-state index contributed by atoms with van der Waals surface area (Å²) in [6.07, 6.45) is 0.883. The van der Waals surface area contributed by atoms with Crippen molar-refractivity contribution >= 4 is 17.6 Å². The number of hydrogen-bond acceptors (Lipinski definition) is 6. The van der Waals surface area contributed by atoms with E-state index in [2.05, 4.69) is 47.2 Å². The van der Waals surface area contributed by atoms with Crippen molar-refractivity contribution in [3.8, 4) is 0 Å². The normalized spacial score (nSPS) is 28.0. The summed E-state index contributed by atoms with van der Waals surface area (Å²) < 4.78 is 0. The number of anilines is 1. The lowest BCUT2D eigenvalue weighted by molar-refractivity contribution is -0.138. The number of nitrogens with zero attached hydrogens (tertiary/aromatic N) is 4. The molecule has 3 saturated heterocycles. The fourth-order valence-electron chi connectivity index (χ4n) is 4.73. The lowest BCUT2D eigenvalue weighted by Crippen LogP contribution is -2.66. The first kappa shape index (κ1) is 19.2. The zero-order valence-corrected chi connectivity index (χ0v) is 16.8. The maximum absolute atomic E-state index is 13.2. The van der Waals surface area contributed by atoms with Crippen molar-refractivity contribution in [2.24, 2.45) is 0 Å². The lowest BCUT2D eigenvalue weighted by Gasteiger charge is -2.44. The minimum absolute atomic E-state index is 0.0417. The smallest absolute Gasteiger partial charge is 0.327 e. The van der Waals surface area contributed by atoms with Crippen LogP contribution in [0.5, 0.6) is 0 Å². The number of imide groups is 1. The average molecular weight is 387 g/mol. The monoisotopic (exact) mass is 387 g/mol. The Morgan fingerprint density at radius 2 is 1.86 bits per heavy atom. The minimum atomic E-state index is -0.403. The first-order valence-electron chi connectivity index (χ1n) is 9.98. The molecular weight excluding hydrogens is 358 g/mol. The zero-order chi connectivity index (χ0) is 20.0. The number of carbonyl (C=O) groups excluding carboxylic acids is 2. The van der Waals surface area contributed by atoms with Gasteiger partial charge in [0.05, 0.1) is 0 Å². The van der Waals surface area contributed by atoms with Crippen LogP contribution in [0.25, 0.3) is 0 Å². The van der Waals surface area contributed by atoms with Gasteiger partial charge in [0.15, 0.2) is 0 Å². The van der Waals surface area contributed by atoms with E-state index in [0.29, 0.717) is 6.42 Å². The molecule has 0 saturated carbocycles. The summed E-state index contributed by atoms with van der Waals surface area (Å²) in [5.74, 6) is -0.168. The van der Waals surface area contributed by atoms with Crippen LogP contribution in [0.15, 0.2) is 18.2 Å². The Bertz CT molecular complexity index is 765. The molecule has 1 aromatic rings. The first-order chi connectivity index (χ1) is 13.4. The van der Waals surface area contributed by atoms with E-state index in [1.54, 1.807) is 11.9 Å². The van der Waals surface area contributed by atoms with Crippen molar-refractivity contribution in [3.05, 3.63) is 29.3 Å². The van der Waals surface area contributed by atoms with Crippen molar-refractivity contribution in [1.82, 2.24) is 20.0 Å². The van der Waals surface area contributed by atoms with Crippen LogP contribution in [0.4, 0.5) is 10.5 Å². The van der Waals surface area contributed by atoms with Crippen molar-refractivity contribution in [2.45, 2.75) is 45.2 Å². The molecule has 0 spiro atoms. The molecule has 8 nitrogen and oxygen atoms in total. The van der Waals surface area contributed by atoms with Gasteiger partial charge in [-0.05, 0) is 49.9 Å². The van der Waals surface area contributed by atoms with E-state index in [0.717, 1.165) is 25.2 Å². The maximum Gasteiger partial charge on any atom is 0.327 e. The van der Waals surface area contributed by atoms with Gasteiger partial charge in [-0.2, -0.15) is 0 Å². The van der Waals surface area contributed by atoms with Gasteiger partial charge in [-0.15, -0.1) is 0 Å². The van der Waals surface area contributed by atoms with Crippen molar-refractivity contribution in [3.63, 3.8) is 0 Å². The Morgan fingerprint density at radius 1 is 1.14 bits per heavy atom. The number of urea groups is 1. The molecule has 0 aromatic heterocycles. The second kappa shape index (κ2) is 7.35. The molecule has 0 aliphatic carbocycles. The van der Waals surface area contributed by atoms with Gasteiger partial charge in [-0.25, -0.2) is 4.79 Å². The molecule has 0 bridgehead atoms. The van der Waals surface area contributed by atoms with E-state index in [1.165, 1.54) is 16.0 Å². The number of carbonyl (C=O) groups is 2. The number of amides is 3. The summed E-state index contributed by atoms with van der Waals surface area (Å²) in [5.41, 5.74) is 3.55. The summed E-state index contributed by atoms with van der Waals surface area (Å²) in [4.78, 5) is 33.3. The van der Waals surface area contributed by atoms with Crippen molar-refractivity contribution < 1.29 is 14.7 Å². The van der Waals surface area contributed by atoms with Gasteiger partial charge in [0.2, 0.25) is 0 Å². The largest absolute Gasteiger partial charge is 0.396 e. The predicted octanol–water partition coefficient (Wildman–Crippen LogP) is 0.673. The van der Waals surface area contributed by atoms with Gasteiger partial charge in [0.25, 0.3) is 5.91 Å². The van der Waals surface area contributed by atoms with Crippen LogP contribution in [-0.2, 0) is 4.79 Å². The van der Waals surface area contributed by atoms with Crippen LogP contribution in [0.2, 0.25) is 0 Å². The molecule has 3 amide bonds. The van der Waals surface area contributed by atoms with Crippen molar-refractivity contribution in [2.75, 3.05) is 38.2 Å². The number of aryl methyl sites for hydroxylation is 2. The first-order valence-corrected chi connectivity index (χ1v) is 9.98. The highest BCUT2D eigenvalue weighted by molar-refractivity contribution is 6.00. The second-order valence-electron chi connectivity index (χ2n) is 8.02. The number of aliphatic hydroxyl groups excluding tert-OH is 1. The second-order valence-corrected chi connectivity index (χ2v) is 8.02. The third-order valence-corrected chi connectivity index (χ3v) is 5.95. The number of hydrogen-bond donors (Lipinski definition) is 2. The Balaban J connectivity index is 1.64. The quantitative estimate of drug-likeness (QED) is 0.791. The summed E-state index contributed by atoms with van der Waals surface area (Å²) >= 11 is 0. The fraction of sp³-hybridized carbons (Fsp3) is 0.600. The van der Waals surface area contributed by atoms with Gasteiger partial charge in [0.1, 0.15) is 18.5 Å². The van der Waals surface area contributed by atoms with Gasteiger partial charge >= 0.3 is 6.03 Å². The molecular formula is C20H29N5O3. The van der Waals surface area contributed by atoms with Crippen LogP contribution < -0.4 is 10.2 Å². The molecule has 2 N–H and O–H groups in total. The highest BCUT2D eigenvalue weighted by atomic mass is 16.3. The molecule has 0 radical (unpaired) electrons. The molecule has 3 aliphatic heterocycles. The molecule has 3 fully saturated rings. The van der Waals surface area contributed by atoms with Gasteiger partial charge in [-0.3, -0.25) is 19.9 Å². The number of aliphatic hydroxyl groups is 1. The molecule has 3 unspecified atom stereocenters. The Labute approximate surface area is 165 Å². The van der Waals surface area contributed by atoms with E-state index >= 15 is 0 Å². The van der Waals surface area contributed by atoms with E-state index in [4.69, 9.17) is 5.11 Å². The molecule has 28 heavy (non-hydrogen) atoms. The average Bonchev–Trinajstić information content (AvgIpc) is 3.05. The Morgan fingerprint density at radius 3 is 2.54 bits per heavy atom. The summed E-state index contributed by atoms with van der Waals surface area (Å²) in [5, 5.41) is 12.7. The molecule has 152 valence electrons. The Kier molecular flexibility index (Phi) is 5.03. The standard InChI is InChI=1S/C20H29N5O3/c1-13-10-14(2)12-15(11-13)23-6-4-7-24-16-17(21-19(23)24)22(3)20(28)25(18(16)27)8-5-9-26/h10-12,16-17,19,21,26H,4-9H2,1-3H3. The Hall–Kier alpha value is -2.16. The molecule has 4 rings (SSSR count). The maximum atomic E-state index is 13.2. The van der Waals surface area contributed by atoms with E-state index in [9.17, 15) is 9.59 Å². The zero-order valence-electron chi connectivity index (χ0n) is 16.8. The van der Waals surface area contributed by atoms with Crippen LogP contribution in [0.1, 0.15) is 24.0 Å². The molecule has 8 heteroatoms. The number of likely N-dealkylation sites (N-methyl/N-ethyl adjacent to an activating group) is 1. The van der Waals surface area contributed by atoms with Gasteiger partial charge in [0, 0.05) is 39.0 Å². The van der Waals surface area contributed by atoms with Crippen LogP contribution in [-0.4, -0.2) is 83.5 Å². The third-order valence-electron chi connectivity index (χ3n) is 5.95. The van der Waals surface area contributed by atoms with Crippen molar-refractivity contribution in [1.29, 1.82) is 0 Å². The summed E-state index contributed by atoms with van der Waals surface area (Å²) in [7, 11) is 1.74. The number of nitrogens with one attached hydrogen (secondary N) is 1. The number of rotatable bonds is 4. The van der Waals surface area contributed by atoms with E-state index in [1.807, 2.05) is 0 Å². The van der Waals surface area contributed by atoms with Crippen LogP contribution in [0.3, 0.4) is 0 Å². The van der Waals surface area contributed by atoms with Crippen LogP contribution >= 0.6 is 0 Å². The summed E-state index contributed by atoms with van der Waals surface area (Å²) in [6.45, 7) is 6.10. The van der Waals surface area contributed by atoms with E-state index < -0.39 is 6.04 Å². The molecule has 3 aliphatic rings. The highest BCUT2D eigenvalue weighted by Gasteiger charge is 2.55. The fourth-order valence-corrected chi connectivity index (χ4v) is 4.73. The third kappa shape index (κ3) is 3.05. The topological polar surface area (TPSA) is 79.4 Å².